The maximum Gasteiger partial charge on any atom is 0.145 e. The third-order valence-corrected chi connectivity index (χ3v) is 4.70. The Hall–Kier alpha value is -0.790. The van der Waals surface area contributed by atoms with Gasteiger partial charge in [0.25, 0.3) is 0 Å². The minimum atomic E-state index is -0.523. The molecule has 21 heavy (non-hydrogen) atoms. The Balaban J connectivity index is 2.16. The second-order valence-corrected chi connectivity index (χ2v) is 6.76. The maximum absolute atomic E-state index is 9.73. The predicted molar refractivity (Wildman–Crippen MR) is 86.1 cm³/mol. The number of hydrogen-bond donors (Lipinski definition) is 1. The Morgan fingerprint density at radius 1 is 1.38 bits per heavy atom. The highest BCUT2D eigenvalue weighted by Gasteiger charge is 2.15. The standard InChI is InChI=1S/C14H20ClN3O2S/c1-8-9(2)21-14-12(8)13(15)16-11(17-14)6-18(3)5-10(19)7-20-4/h10,19H,5-7H2,1-4H3. The van der Waals surface area contributed by atoms with Gasteiger partial charge in [0.1, 0.15) is 15.8 Å². The molecule has 2 aromatic rings. The molecule has 0 aromatic carbocycles. The first-order valence-electron chi connectivity index (χ1n) is 6.70. The summed E-state index contributed by atoms with van der Waals surface area (Å²) in [6.45, 7) is 5.44. The van der Waals surface area contributed by atoms with Gasteiger partial charge < -0.3 is 9.84 Å². The first kappa shape index (κ1) is 16.6. The lowest BCUT2D eigenvalue weighted by atomic mass is 10.2. The van der Waals surface area contributed by atoms with E-state index in [4.69, 9.17) is 16.3 Å². The van der Waals surface area contributed by atoms with Gasteiger partial charge in [-0.15, -0.1) is 11.3 Å². The number of hydrogen-bond acceptors (Lipinski definition) is 6. The molecule has 0 aliphatic heterocycles. The van der Waals surface area contributed by atoms with Crippen molar-refractivity contribution in [1.29, 1.82) is 0 Å². The highest BCUT2D eigenvalue weighted by atomic mass is 35.5. The number of thiophene rings is 1. The Bertz CT molecular complexity index is 632. The van der Waals surface area contributed by atoms with Crippen LogP contribution in [0.5, 0.6) is 0 Å². The molecule has 116 valence electrons. The van der Waals surface area contributed by atoms with E-state index < -0.39 is 6.10 Å². The number of nitrogens with zero attached hydrogens (tertiary/aromatic N) is 3. The Labute approximate surface area is 133 Å². The number of aliphatic hydroxyl groups is 1. The Morgan fingerprint density at radius 2 is 2.10 bits per heavy atom. The average Bonchev–Trinajstić information content (AvgIpc) is 2.64. The zero-order chi connectivity index (χ0) is 15.6. The molecular weight excluding hydrogens is 310 g/mol. The molecule has 0 bridgehead atoms. The van der Waals surface area contributed by atoms with Crippen LogP contribution in [0.2, 0.25) is 5.15 Å². The van der Waals surface area contributed by atoms with Crippen LogP contribution in [-0.2, 0) is 11.3 Å². The van der Waals surface area contributed by atoms with Gasteiger partial charge in [0.2, 0.25) is 0 Å². The maximum atomic E-state index is 9.73. The first-order chi connectivity index (χ1) is 9.92. The number of halogens is 1. The lowest BCUT2D eigenvalue weighted by Gasteiger charge is -2.19. The summed E-state index contributed by atoms with van der Waals surface area (Å²) >= 11 is 7.92. The van der Waals surface area contributed by atoms with Crippen molar-refractivity contribution in [1.82, 2.24) is 14.9 Å². The van der Waals surface area contributed by atoms with Gasteiger partial charge in [-0.25, -0.2) is 9.97 Å². The molecule has 2 aromatic heterocycles. The van der Waals surface area contributed by atoms with Gasteiger partial charge >= 0.3 is 0 Å². The molecule has 0 aliphatic carbocycles. The molecule has 0 amide bonds. The van der Waals surface area contributed by atoms with Crippen molar-refractivity contribution < 1.29 is 9.84 Å². The van der Waals surface area contributed by atoms with E-state index in [1.165, 1.54) is 4.88 Å². The fraction of sp³-hybridized carbons (Fsp3) is 0.571. The highest BCUT2D eigenvalue weighted by molar-refractivity contribution is 7.18. The number of methoxy groups -OCH3 is 1. The summed E-state index contributed by atoms with van der Waals surface area (Å²) in [5.74, 6) is 0.667. The normalized spacial score (nSPS) is 13.3. The number of ether oxygens (including phenoxy) is 1. The molecule has 2 heterocycles. The zero-order valence-corrected chi connectivity index (χ0v) is 14.3. The largest absolute Gasteiger partial charge is 0.389 e. The molecule has 7 heteroatoms. The van der Waals surface area contributed by atoms with Crippen molar-refractivity contribution >= 4 is 33.2 Å². The van der Waals surface area contributed by atoms with Crippen LogP contribution < -0.4 is 0 Å². The summed E-state index contributed by atoms with van der Waals surface area (Å²) in [6.07, 6.45) is -0.523. The number of rotatable bonds is 6. The molecular formula is C14H20ClN3O2S. The summed E-state index contributed by atoms with van der Waals surface area (Å²) in [4.78, 5) is 13.0. The van der Waals surface area contributed by atoms with Gasteiger partial charge in [-0.3, -0.25) is 4.90 Å². The quantitative estimate of drug-likeness (QED) is 0.825. The summed E-state index contributed by atoms with van der Waals surface area (Å²) in [7, 11) is 3.48. The molecule has 5 nitrogen and oxygen atoms in total. The summed E-state index contributed by atoms with van der Waals surface area (Å²) in [5, 5.41) is 11.2. The lowest BCUT2D eigenvalue weighted by Crippen LogP contribution is -2.32. The summed E-state index contributed by atoms with van der Waals surface area (Å²) < 4.78 is 4.92. The number of aromatic nitrogens is 2. The third-order valence-electron chi connectivity index (χ3n) is 3.32. The van der Waals surface area contributed by atoms with Crippen LogP contribution in [0.1, 0.15) is 16.3 Å². The van der Waals surface area contributed by atoms with E-state index in [0.29, 0.717) is 30.7 Å². The second kappa shape index (κ2) is 6.98. The van der Waals surface area contributed by atoms with Gasteiger partial charge in [-0.2, -0.15) is 0 Å². The first-order valence-corrected chi connectivity index (χ1v) is 7.89. The topological polar surface area (TPSA) is 58.5 Å². The molecule has 1 N–H and O–H groups in total. The Morgan fingerprint density at radius 3 is 2.76 bits per heavy atom. The lowest BCUT2D eigenvalue weighted by molar-refractivity contribution is 0.0414. The number of fused-ring (bicyclic) bond motifs is 1. The van der Waals surface area contributed by atoms with Crippen LogP contribution in [0, 0.1) is 13.8 Å². The fourth-order valence-electron chi connectivity index (χ4n) is 2.22. The van der Waals surface area contributed by atoms with Crippen molar-refractivity contribution in [2.24, 2.45) is 0 Å². The van der Waals surface area contributed by atoms with Crippen molar-refractivity contribution in [3.05, 3.63) is 21.4 Å². The molecule has 0 spiro atoms. The highest BCUT2D eigenvalue weighted by Crippen LogP contribution is 2.32. The van der Waals surface area contributed by atoms with Crippen molar-refractivity contribution in [3.8, 4) is 0 Å². The van der Waals surface area contributed by atoms with E-state index in [-0.39, 0.29) is 0 Å². The molecule has 0 fully saturated rings. The van der Waals surface area contributed by atoms with Crippen molar-refractivity contribution in [2.45, 2.75) is 26.5 Å². The number of aliphatic hydroxyl groups excluding tert-OH is 1. The van der Waals surface area contributed by atoms with E-state index in [2.05, 4.69) is 16.9 Å². The van der Waals surface area contributed by atoms with E-state index in [1.807, 2.05) is 18.9 Å². The summed E-state index contributed by atoms with van der Waals surface area (Å²) in [5.41, 5.74) is 1.15. The summed E-state index contributed by atoms with van der Waals surface area (Å²) in [6, 6.07) is 0. The molecule has 1 atom stereocenters. The van der Waals surface area contributed by atoms with Gasteiger partial charge in [-0.1, -0.05) is 11.6 Å². The zero-order valence-electron chi connectivity index (χ0n) is 12.7. The minimum Gasteiger partial charge on any atom is -0.389 e. The van der Waals surface area contributed by atoms with Crippen LogP contribution in [0.4, 0.5) is 0 Å². The average molecular weight is 330 g/mol. The minimum absolute atomic E-state index is 0.314. The fourth-order valence-corrected chi connectivity index (χ4v) is 3.66. The second-order valence-electron chi connectivity index (χ2n) is 5.20. The van der Waals surface area contributed by atoms with E-state index in [1.54, 1.807) is 18.4 Å². The van der Waals surface area contributed by atoms with E-state index in [0.717, 1.165) is 15.8 Å². The smallest absolute Gasteiger partial charge is 0.145 e. The van der Waals surface area contributed by atoms with Crippen LogP contribution in [0.25, 0.3) is 10.2 Å². The van der Waals surface area contributed by atoms with E-state index in [9.17, 15) is 5.11 Å². The third kappa shape index (κ3) is 3.90. The monoisotopic (exact) mass is 329 g/mol. The number of aryl methyl sites for hydroxylation is 2. The van der Waals surface area contributed by atoms with Crippen LogP contribution in [0.3, 0.4) is 0 Å². The predicted octanol–water partition coefficient (Wildman–Crippen LogP) is 2.40. The van der Waals surface area contributed by atoms with Crippen LogP contribution >= 0.6 is 22.9 Å². The van der Waals surface area contributed by atoms with Gasteiger partial charge in [-0.05, 0) is 26.5 Å². The molecule has 0 radical (unpaired) electrons. The van der Waals surface area contributed by atoms with Crippen LogP contribution in [-0.4, -0.2) is 53.4 Å². The van der Waals surface area contributed by atoms with Gasteiger partial charge in [0, 0.05) is 18.5 Å². The molecule has 0 saturated heterocycles. The SMILES string of the molecule is COCC(O)CN(C)Cc1nc(Cl)c2c(C)c(C)sc2n1. The van der Waals surface area contributed by atoms with Crippen molar-refractivity contribution in [2.75, 3.05) is 27.3 Å². The number of likely N-dealkylation sites (N-methyl/N-ethyl adjacent to an activating group) is 1. The molecule has 1 unspecified atom stereocenters. The Kier molecular flexibility index (Phi) is 5.51. The van der Waals surface area contributed by atoms with Crippen molar-refractivity contribution in [3.63, 3.8) is 0 Å². The van der Waals surface area contributed by atoms with Gasteiger partial charge in [0.15, 0.2) is 0 Å². The van der Waals surface area contributed by atoms with E-state index >= 15 is 0 Å². The van der Waals surface area contributed by atoms with Gasteiger partial charge in [0.05, 0.1) is 24.6 Å². The molecule has 0 aliphatic rings. The van der Waals surface area contributed by atoms with Crippen LogP contribution in [0.15, 0.2) is 0 Å². The molecule has 2 rings (SSSR count). The molecule has 0 saturated carbocycles.